The Balaban J connectivity index is 2.18. The zero-order chi connectivity index (χ0) is 11.6. The number of benzene rings is 1. The molecular weight excluding hydrogens is 200 g/mol. The Labute approximate surface area is 94.2 Å². The first-order valence-corrected chi connectivity index (χ1v) is 5.16. The number of hydrogen-bond donors (Lipinski definition) is 1. The highest BCUT2D eigenvalue weighted by Crippen LogP contribution is 2.47. The molecule has 0 atom stereocenters. The minimum atomic E-state index is -0.459. The van der Waals surface area contributed by atoms with Gasteiger partial charge in [-0.2, -0.15) is 5.26 Å². The van der Waals surface area contributed by atoms with Gasteiger partial charge in [-0.25, -0.2) is 0 Å². The lowest BCUT2D eigenvalue weighted by molar-refractivity contribution is -0.113. The van der Waals surface area contributed by atoms with Gasteiger partial charge in [0.25, 0.3) is 0 Å². The van der Waals surface area contributed by atoms with Crippen molar-refractivity contribution in [2.75, 3.05) is 0 Å². The van der Waals surface area contributed by atoms with Crippen LogP contribution in [0.3, 0.4) is 0 Å². The average Bonchev–Trinajstić information content (AvgIpc) is 3.08. The molecule has 0 aromatic heterocycles. The van der Waals surface area contributed by atoms with Crippen LogP contribution in [-0.2, 0) is 10.2 Å². The van der Waals surface area contributed by atoms with Crippen LogP contribution in [0.1, 0.15) is 24.0 Å². The van der Waals surface area contributed by atoms with E-state index in [9.17, 15) is 4.79 Å². The lowest BCUT2D eigenvalue weighted by Crippen LogP contribution is -2.05. The number of nitrogens with zero attached hydrogens (tertiary/aromatic N) is 1. The molecular formula is C13H12N2O. The van der Waals surface area contributed by atoms with Crippen LogP contribution in [0.15, 0.2) is 30.3 Å². The Hall–Kier alpha value is -2.08. The molecule has 1 amide bonds. The molecule has 3 nitrogen and oxygen atoms in total. The Morgan fingerprint density at radius 3 is 2.44 bits per heavy atom. The van der Waals surface area contributed by atoms with Gasteiger partial charge in [0.2, 0.25) is 5.91 Å². The van der Waals surface area contributed by atoms with Crippen molar-refractivity contribution in [2.24, 2.45) is 5.73 Å². The monoisotopic (exact) mass is 212 g/mol. The van der Waals surface area contributed by atoms with E-state index in [4.69, 9.17) is 11.0 Å². The molecule has 1 aromatic carbocycles. The Kier molecular flexibility index (Phi) is 2.49. The summed E-state index contributed by atoms with van der Waals surface area (Å²) in [5.74, 6) is -0.459. The fourth-order valence-electron chi connectivity index (χ4n) is 1.68. The molecule has 80 valence electrons. The maximum absolute atomic E-state index is 10.5. The maximum atomic E-state index is 10.5. The standard InChI is InChI=1S/C13H12N2O/c14-9-13(7-8-13)11-4-1-10(2-5-11)3-6-12(15)16/h1-6H,7-8H2,(H2,15,16). The molecule has 0 bridgehead atoms. The van der Waals surface area contributed by atoms with Crippen molar-refractivity contribution >= 4 is 12.0 Å². The first kappa shape index (κ1) is 10.4. The summed E-state index contributed by atoms with van der Waals surface area (Å²) >= 11 is 0. The van der Waals surface area contributed by atoms with Crippen LogP contribution < -0.4 is 5.73 Å². The van der Waals surface area contributed by atoms with E-state index in [1.54, 1.807) is 6.08 Å². The van der Waals surface area contributed by atoms with Gasteiger partial charge < -0.3 is 5.73 Å². The Morgan fingerprint density at radius 2 is 2.00 bits per heavy atom. The van der Waals surface area contributed by atoms with Crippen molar-refractivity contribution in [1.82, 2.24) is 0 Å². The van der Waals surface area contributed by atoms with E-state index in [1.807, 2.05) is 24.3 Å². The minimum Gasteiger partial charge on any atom is -0.366 e. The number of nitriles is 1. The zero-order valence-electron chi connectivity index (χ0n) is 8.81. The fourth-order valence-corrected chi connectivity index (χ4v) is 1.68. The quantitative estimate of drug-likeness (QED) is 0.775. The Bertz CT molecular complexity index is 476. The van der Waals surface area contributed by atoms with Crippen molar-refractivity contribution in [3.8, 4) is 6.07 Å². The van der Waals surface area contributed by atoms with E-state index in [0.29, 0.717) is 0 Å². The van der Waals surface area contributed by atoms with Gasteiger partial charge in [-0.1, -0.05) is 24.3 Å². The third kappa shape index (κ3) is 1.96. The summed E-state index contributed by atoms with van der Waals surface area (Å²) in [4.78, 5) is 10.5. The highest BCUT2D eigenvalue weighted by molar-refractivity contribution is 5.90. The number of rotatable bonds is 3. The summed E-state index contributed by atoms with van der Waals surface area (Å²) < 4.78 is 0. The molecule has 1 saturated carbocycles. The predicted molar refractivity (Wildman–Crippen MR) is 61.2 cm³/mol. The maximum Gasteiger partial charge on any atom is 0.241 e. The number of carbonyl (C=O) groups is 1. The molecule has 1 aliphatic rings. The van der Waals surface area contributed by atoms with Gasteiger partial charge in [-0.05, 0) is 30.0 Å². The molecule has 0 aliphatic heterocycles. The molecule has 0 unspecified atom stereocenters. The second-order valence-electron chi connectivity index (χ2n) is 4.05. The second-order valence-corrected chi connectivity index (χ2v) is 4.05. The van der Waals surface area contributed by atoms with Crippen LogP contribution in [0.4, 0.5) is 0 Å². The summed E-state index contributed by atoms with van der Waals surface area (Å²) in [6.07, 6.45) is 4.88. The molecule has 1 fully saturated rings. The van der Waals surface area contributed by atoms with Crippen molar-refractivity contribution in [1.29, 1.82) is 5.26 Å². The van der Waals surface area contributed by atoms with Gasteiger partial charge in [0.15, 0.2) is 0 Å². The normalized spacial score (nSPS) is 16.9. The lowest BCUT2D eigenvalue weighted by atomic mass is 9.97. The van der Waals surface area contributed by atoms with Crippen LogP contribution in [-0.4, -0.2) is 5.91 Å². The van der Waals surface area contributed by atoms with Gasteiger partial charge in [0, 0.05) is 6.08 Å². The number of hydrogen-bond acceptors (Lipinski definition) is 2. The van der Waals surface area contributed by atoms with Crippen LogP contribution in [0.5, 0.6) is 0 Å². The van der Waals surface area contributed by atoms with Crippen LogP contribution >= 0.6 is 0 Å². The minimum absolute atomic E-state index is 0.244. The van der Waals surface area contributed by atoms with Gasteiger partial charge in [-0.3, -0.25) is 4.79 Å². The molecule has 2 N–H and O–H groups in total. The van der Waals surface area contributed by atoms with Gasteiger partial charge in [-0.15, -0.1) is 0 Å². The molecule has 1 aliphatic carbocycles. The van der Waals surface area contributed by atoms with E-state index in [1.165, 1.54) is 6.08 Å². The first-order valence-electron chi connectivity index (χ1n) is 5.16. The molecule has 16 heavy (non-hydrogen) atoms. The Morgan fingerprint density at radius 1 is 1.38 bits per heavy atom. The van der Waals surface area contributed by atoms with Crippen molar-refractivity contribution < 1.29 is 4.79 Å². The van der Waals surface area contributed by atoms with Gasteiger partial charge in [0.1, 0.15) is 0 Å². The lowest BCUT2D eigenvalue weighted by Gasteiger charge is -2.05. The molecule has 0 spiro atoms. The van der Waals surface area contributed by atoms with Crippen molar-refractivity contribution in [3.05, 3.63) is 41.5 Å². The zero-order valence-corrected chi connectivity index (χ0v) is 8.81. The number of primary amides is 1. The summed E-state index contributed by atoms with van der Waals surface area (Å²) in [7, 11) is 0. The van der Waals surface area contributed by atoms with Crippen LogP contribution in [0, 0.1) is 11.3 Å². The van der Waals surface area contributed by atoms with E-state index in [0.717, 1.165) is 24.0 Å². The summed E-state index contributed by atoms with van der Waals surface area (Å²) in [5, 5.41) is 9.03. The fraction of sp³-hybridized carbons (Fsp3) is 0.231. The summed E-state index contributed by atoms with van der Waals surface area (Å²) in [6, 6.07) is 10.0. The third-order valence-electron chi connectivity index (χ3n) is 2.87. The second kappa shape index (κ2) is 3.82. The van der Waals surface area contributed by atoms with Crippen LogP contribution in [0.2, 0.25) is 0 Å². The SMILES string of the molecule is N#CC1(c2ccc(C=CC(N)=O)cc2)CC1. The number of amides is 1. The van der Waals surface area contributed by atoms with E-state index in [2.05, 4.69) is 6.07 Å². The van der Waals surface area contributed by atoms with E-state index in [-0.39, 0.29) is 5.41 Å². The largest absolute Gasteiger partial charge is 0.366 e. The number of carbonyl (C=O) groups excluding carboxylic acids is 1. The molecule has 0 radical (unpaired) electrons. The smallest absolute Gasteiger partial charge is 0.241 e. The summed E-state index contributed by atoms with van der Waals surface area (Å²) in [6.45, 7) is 0. The van der Waals surface area contributed by atoms with Gasteiger partial charge in [0.05, 0.1) is 11.5 Å². The van der Waals surface area contributed by atoms with Crippen LogP contribution in [0.25, 0.3) is 6.08 Å². The highest BCUT2D eigenvalue weighted by Gasteiger charge is 2.44. The number of nitrogens with two attached hydrogens (primary N) is 1. The molecule has 0 heterocycles. The topological polar surface area (TPSA) is 66.9 Å². The van der Waals surface area contributed by atoms with Gasteiger partial charge >= 0.3 is 0 Å². The summed E-state index contributed by atoms with van der Waals surface area (Å²) in [5.41, 5.74) is 6.73. The third-order valence-corrected chi connectivity index (χ3v) is 2.87. The highest BCUT2D eigenvalue weighted by atomic mass is 16.1. The molecule has 2 rings (SSSR count). The van der Waals surface area contributed by atoms with E-state index >= 15 is 0 Å². The van der Waals surface area contributed by atoms with Crippen molar-refractivity contribution in [2.45, 2.75) is 18.3 Å². The van der Waals surface area contributed by atoms with Crippen molar-refractivity contribution in [3.63, 3.8) is 0 Å². The predicted octanol–water partition coefficient (Wildman–Crippen LogP) is 1.74. The molecule has 3 heteroatoms. The van der Waals surface area contributed by atoms with E-state index < -0.39 is 5.91 Å². The average molecular weight is 212 g/mol. The first-order chi connectivity index (χ1) is 7.66. The molecule has 0 saturated heterocycles. The molecule has 1 aromatic rings.